The molecule has 2 aromatic heterocycles. The zero-order valence-electron chi connectivity index (χ0n) is 18.5. The average molecular weight is 510 g/mol. The van der Waals surface area contributed by atoms with E-state index in [1.54, 1.807) is 41.0 Å². The number of hydrogen-bond donors (Lipinski definition) is 1. The van der Waals surface area contributed by atoms with Gasteiger partial charge in [-0.05, 0) is 41.3 Å². The largest absolute Gasteiger partial charge is 0.465 e. The lowest BCUT2D eigenvalue weighted by Crippen LogP contribution is -2.24. The number of nitrogens with one attached hydrogen (secondary N) is 1. The van der Waals surface area contributed by atoms with Gasteiger partial charge in [0.15, 0.2) is 16.7 Å². The molecule has 0 unspecified atom stereocenters. The van der Waals surface area contributed by atoms with Gasteiger partial charge in [-0.2, -0.15) is 0 Å². The van der Waals surface area contributed by atoms with Crippen molar-refractivity contribution < 1.29 is 23.8 Å². The number of para-hydroxylation sites is 1. The summed E-state index contributed by atoms with van der Waals surface area (Å²) in [5, 5.41) is 4.96. The molecule has 0 atom stereocenters. The number of ether oxygens (including phenoxy) is 3. The lowest BCUT2D eigenvalue weighted by Gasteiger charge is -2.13. The van der Waals surface area contributed by atoms with Crippen LogP contribution in [0.15, 0.2) is 63.9 Å². The normalized spacial score (nSPS) is 12.0. The molecule has 1 aliphatic rings. The average Bonchev–Trinajstić information content (AvgIpc) is 3.54. The minimum absolute atomic E-state index is 0.0151. The number of nitrogens with zero attached hydrogens (tertiary/aromatic N) is 2. The molecule has 0 fully saturated rings. The fourth-order valence-electron chi connectivity index (χ4n) is 3.59. The van der Waals surface area contributed by atoms with Crippen molar-refractivity contribution in [2.75, 3.05) is 25.0 Å². The number of anilines is 1. The molecule has 9 nitrogen and oxygen atoms in total. The lowest BCUT2D eigenvalue weighted by atomic mass is 10.2. The molecule has 4 aromatic rings. The highest BCUT2D eigenvalue weighted by atomic mass is 32.2. The third-order valence-electron chi connectivity index (χ3n) is 5.25. The zero-order chi connectivity index (χ0) is 24.4. The van der Waals surface area contributed by atoms with Gasteiger partial charge in [-0.1, -0.05) is 30.0 Å². The topological polar surface area (TPSA) is 109 Å². The van der Waals surface area contributed by atoms with Crippen LogP contribution < -0.4 is 20.3 Å². The number of hydrogen-bond acceptors (Lipinski definition) is 9. The Labute approximate surface area is 207 Å². The molecule has 0 radical (unpaired) electrons. The molecule has 0 aliphatic carbocycles. The Hall–Kier alpha value is -3.83. The second-order valence-electron chi connectivity index (χ2n) is 7.48. The molecular weight excluding hydrogens is 490 g/mol. The van der Waals surface area contributed by atoms with E-state index in [9.17, 15) is 14.4 Å². The molecule has 1 amide bonds. The van der Waals surface area contributed by atoms with Crippen LogP contribution in [0.3, 0.4) is 0 Å². The molecule has 3 heterocycles. The second-order valence-corrected chi connectivity index (χ2v) is 9.34. The highest BCUT2D eigenvalue weighted by Gasteiger charge is 2.18. The summed E-state index contributed by atoms with van der Waals surface area (Å²) < 4.78 is 17.7. The summed E-state index contributed by atoms with van der Waals surface area (Å²) in [6.07, 6.45) is 0. The summed E-state index contributed by atoms with van der Waals surface area (Å²) >= 11 is 2.47. The van der Waals surface area contributed by atoms with Crippen molar-refractivity contribution in [3.05, 3.63) is 75.4 Å². The number of aromatic nitrogens is 2. The zero-order valence-corrected chi connectivity index (χ0v) is 20.1. The maximum Gasteiger partial charge on any atom is 0.339 e. The molecule has 0 spiro atoms. The number of carbonyl (C=O) groups is 2. The molecule has 2 aromatic carbocycles. The molecule has 11 heteroatoms. The van der Waals surface area contributed by atoms with E-state index in [2.05, 4.69) is 10.3 Å². The van der Waals surface area contributed by atoms with Crippen molar-refractivity contribution in [1.82, 2.24) is 9.55 Å². The summed E-state index contributed by atoms with van der Waals surface area (Å²) in [4.78, 5) is 42.6. The van der Waals surface area contributed by atoms with Crippen LogP contribution in [0.25, 0.3) is 10.2 Å². The maximum atomic E-state index is 13.2. The molecule has 0 bridgehead atoms. The van der Waals surface area contributed by atoms with Gasteiger partial charge in [0, 0.05) is 0 Å². The Morgan fingerprint density at radius 3 is 2.86 bits per heavy atom. The van der Waals surface area contributed by atoms with E-state index in [1.165, 1.54) is 18.4 Å². The van der Waals surface area contributed by atoms with Gasteiger partial charge >= 0.3 is 5.97 Å². The monoisotopic (exact) mass is 509 g/mol. The molecule has 35 heavy (non-hydrogen) atoms. The number of methoxy groups -OCH3 is 1. The summed E-state index contributed by atoms with van der Waals surface area (Å²) in [5.74, 6) is 0.375. The van der Waals surface area contributed by atoms with Gasteiger partial charge in [-0.3, -0.25) is 14.2 Å². The van der Waals surface area contributed by atoms with Gasteiger partial charge in [-0.25, -0.2) is 9.78 Å². The lowest BCUT2D eigenvalue weighted by molar-refractivity contribution is -0.113. The van der Waals surface area contributed by atoms with Gasteiger partial charge in [-0.15, -0.1) is 11.3 Å². The number of thiophene rings is 1. The number of benzene rings is 2. The Bertz CT molecular complexity index is 1500. The minimum Gasteiger partial charge on any atom is -0.465 e. The summed E-state index contributed by atoms with van der Waals surface area (Å²) in [7, 11) is 1.28. The van der Waals surface area contributed by atoms with Crippen molar-refractivity contribution >= 4 is 50.9 Å². The summed E-state index contributed by atoms with van der Waals surface area (Å²) in [6, 6.07) is 13.9. The Morgan fingerprint density at radius 1 is 1.17 bits per heavy atom. The van der Waals surface area contributed by atoms with Crippen LogP contribution in [0.1, 0.15) is 15.9 Å². The number of thioether (sulfide) groups is 1. The van der Waals surface area contributed by atoms with Crippen molar-refractivity contribution in [2.24, 2.45) is 0 Å². The Kier molecular flexibility index (Phi) is 6.43. The molecule has 5 rings (SSSR count). The maximum absolute atomic E-state index is 13.2. The van der Waals surface area contributed by atoms with Gasteiger partial charge < -0.3 is 19.5 Å². The SMILES string of the molecule is COC(=O)c1ccccc1NC(=O)CSc1nc2ccsc2c(=O)n1Cc1ccc2c(c1)OCO2. The van der Waals surface area contributed by atoms with Crippen LogP contribution in [0.4, 0.5) is 5.69 Å². The number of esters is 1. The van der Waals surface area contributed by atoms with Gasteiger partial charge in [0.1, 0.15) is 4.70 Å². The summed E-state index contributed by atoms with van der Waals surface area (Å²) in [6.45, 7) is 0.419. The molecule has 1 aliphatic heterocycles. The van der Waals surface area contributed by atoms with E-state index >= 15 is 0 Å². The first kappa shape index (κ1) is 22.9. The van der Waals surface area contributed by atoms with E-state index in [4.69, 9.17) is 14.2 Å². The minimum atomic E-state index is -0.546. The molecule has 178 valence electrons. The fourth-order valence-corrected chi connectivity index (χ4v) is 5.17. The predicted octanol–water partition coefficient (Wildman–Crippen LogP) is 3.75. The molecular formula is C24H19N3O6S2. The highest BCUT2D eigenvalue weighted by Crippen LogP contribution is 2.33. The van der Waals surface area contributed by atoms with Crippen LogP contribution in [-0.4, -0.2) is 41.1 Å². The van der Waals surface area contributed by atoms with Crippen LogP contribution in [-0.2, 0) is 16.1 Å². The van der Waals surface area contributed by atoms with Crippen molar-refractivity contribution in [3.8, 4) is 11.5 Å². The third kappa shape index (κ3) is 4.73. The van der Waals surface area contributed by atoms with Crippen LogP contribution >= 0.6 is 23.1 Å². The second kappa shape index (κ2) is 9.80. The van der Waals surface area contributed by atoms with Gasteiger partial charge in [0.25, 0.3) is 5.56 Å². The smallest absolute Gasteiger partial charge is 0.339 e. The number of carbonyl (C=O) groups excluding carboxylic acids is 2. The Morgan fingerprint density at radius 2 is 2.00 bits per heavy atom. The standard InChI is InChI=1S/C24H19N3O6S2/c1-31-23(30)15-4-2-3-5-16(15)25-20(28)12-35-24-26-17-8-9-34-21(17)22(29)27(24)11-14-6-7-18-19(10-14)33-13-32-18/h2-10H,11-13H2,1H3,(H,25,28). The number of fused-ring (bicyclic) bond motifs is 2. The first-order valence-electron chi connectivity index (χ1n) is 10.5. The first-order valence-corrected chi connectivity index (χ1v) is 12.4. The van der Waals surface area contributed by atoms with E-state index in [-0.39, 0.29) is 36.1 Å². The molecule has 1 N–H and O–H groups in total. The van der Waals surface area contributed by atoms with Gasteiger partial charge in [0.2, 0.25) is 12.7 Å². The van der Waals surface area contributed by atoms with E-state index in [0.717, 1.165) is 17.3 Å². The first-order chi connectivity index (χ1) is 17.0. The summed E-state index contributed by atoms with van der Waals surface area (Å²) in [5.41, 5.74) is 1.85. The number of rotatable bonds is 7. The molecule has 0 saturated heterocycles. The van der Waals surface area contributed by atoms with E-state index in [1.807, 2.05) is 17.5 Å². The van der Waals surface area contributed by atoms with Crippen LogP contribution in [0.5, 0.6) is 11.5 Å². The van der Waals surface area contributed by atoms with Crippen molar-refractivity contribution in [1.29, 1.82) is 0 Å². The van der Waals surface area contributed by atoms with Crippen LogP contribution in [0, 0.1) is 0 Å². The van der Waals surface area contributed by atoms with E-state index < -0.39 is 5.97 Å². The van der Waals surface area contributed by atoms with Gasteiger partial charge in [0.05, 0.1) is 36.2 Å². The molecule has 0 saturated carbocycles. The van der Waals surface area contributed by atoms with Crippen molar-refractivity contribution in [3.63, 3.8) is 0 Å². The third-order valence-corrected chi connectivity index (χ3v) is 7.12. The quantitative estimate of drug-likeness (QED) is 0.228. The predicted molar refractivity (Wildman–Crippen MR) is 133 cm³/mol. The van der Waals surface area contributed by atoms with Crippen LogP contribution in [0.2, 0.25) is 0 Å². The number of amides is 1. The Balaban J connectivity index is 1.39. The fraction of sp³-hybridized carbons (Fsp3) is 0.167. The van der Waals surface area contributed by atoms with E-state index in [0.29, 0.717) is 32.6 Å². The van der Waals surface area contributed by atoms with Crippen molar-refractivity contribution in [2.45, 2.75) is 11.7 Å². The highest BCUT2D eigenvalue weighted by molar-refractivity contribution is 7.99.